The average Bonchev–Trinajstić information content (AvgIpc) is 2.66. The molecule has 1 fully saturated rings. The van der Waals surface area contributed by atoms with Crippen molar-refractivity contribution in [3.63, 3.8) is 0 Å². The molecule has 0 spiro atoms. The van der Waals surface area contributed by atoms with Crippen LogP contribution in [0.4, 0.5) is 4.79 Å². The summed E-state index contributed by atoms with van der Waals surface area (Å²) in [5, 5.41) is 4.20. The monoisotopic (exact) mass is 420 g/mol. The molecule has 0 radical (unpaired) electrons. The van der Waals surface area contributed by atoms with E-state index >= 15 is 0 Å². The van der Waals surface area contributed by atoms with Gasteiger partial charge in [-0.3, -0.25) is 4.79 Å². The summed E-state index contributed by atoms with van der Waals surface area (Å²) in [6.45, 7) is 1.88. The van der Waals surface area contributed by atoms with Gasteiger partial charge in [-0.1, -0.05) is 35.3 Å². The minimum absolute atomic E-state index is 0.0552. The fourth-order valence-electron chi connectivity index (χ4n) is 2.94. The molecule has 0 aromatic heterocycles. The topological polar surface area (TPSA) is 58.6 Å². The van der Waals surface area contributed by atoms with Crippen molar-refractivity contribution in [2.24, 2.45) is 5.92 Å². The lowest BCUT2D eigenvalue weighted by Crippen LogP contribution is -2.53. The zero-order chi connectivity index (χ0) is 19.9. The van der Waals surface area contributed by atoms with Crippen molar-refractivity contribution in [3.8, 4) is 5.75 Å². The van der Waals surface area contributed by atoms with Gasteiger partial charge in [-0.25, -0.2) is 4.79 Å². The minimum Gasteiger partial charge on any atom is -0.486 e. The van der Waals surface area contributed by atoms with Crippen LogP contribution in [0.1, 0.15) is 18.4 Å². The molecule has 7 heteroatoms. The predicted octanol–water partition coefficient (Wildman–Crippen LogP) is 4.56. The number of hydrogen-bond acceptors (Lipinski definition) is 3. The lowest BCUT2D eigenvalue weighted by Gasteiger charge is -2.39. The molecular formula is C21H22Cl2N2O3. The lowest BCUT2D eigenvalue weighted by molar-refractivity contribution is -0.121. The molecule has 1 N–H and O–H groups in total. The van der Waals surface area contributed by atoms with Gasteiger partial charge in [0.05, 0.1) is 0 Å². The molecule has 1 heterocycles. The van der Waals surface area contributed by atoms with Crippen molar-refractivity contribution in [2.75, 3.05) is 19.7 Å². The number of carbonyl (C=O) groups excluding carboxylic acids is 2. The number of rotatable bonds is 8. The smallest absolute Gasteiger partial charge is 0.317 e. The van der Waals surface area contributed by atoms with Gasteiger partial charge < -0.3 is 15.0 Å². The van der Waals surface area contributed by atoms with E-state index in [0.29, 0.717) is 47.8 Å². The van der Waals surface area contributed by atoms with Crippen molar-refractivity contribution in [1.82, 2.24) is 10.2 Å². The number of nitrogens with one attached hydrogen (secondary N) is 1. The first-order chi connectivity index (χ1) is 13.5. The van der Waals surface area contributed by atoms with E-state index in [1.54, 1.807) is 41.3 Å². The van der Waals surface area contributed by atoms with Gasteiger partial charge in [-0.15, -0.1) is 0 Å². The number of ether oxygens (including phenoxy) is 1. The number of amides is 2. The number of urea groups is 1. The predicted molar refractivity (Wildman–Crippen MR) is 110 cm³/mol. The van der Waals surface area contributed by atoms with Crippen LogP contribution in [0.5, 0.6) is 5.75 Å². The van der Waals surface area contributed by atoms with Gasteiger partial charge in [-0.2, -0.15) is 0 Å². The number of likely N-dealkylation sites (tertiary alicyclic amines) is 1. The zero-order valence-corrected chi connectivity index (χ0v) is 16.9. The van der Waals surface area contributed by atoms with Crippen molar-refractivity contribution < 1.29 is 14.3 Å². The molecule has 1 saturated heterocycles. The molecule has 1 aliphatic rings. The maximum atomic E-state index is 12.1. The molecule has 3 rings (SSSR count). The van der Waals surface area contributed by atoms with Crippen LogP contribution in [0, 0.1) is 5.92 Å². The largest absolute Gasteiger partial charge is 0.486 e. The van der Waals surface area contributed by atoms with E-state index in [0.717, 1.165) is 12.0 Å². The Morgan fingerprint density at radius 1 is 1.00 bits per heavy atom. The second kappa shape index (κ2) is 9.80. The molecule has 0 aliphatic carbocycles. The maximum absolute atomic E-state index is 12.1. The van der Waals surface area contributed by atoms with E-state index in [2.05, 4.69) is 5.32 Å². The third-order valence-corrected chi connectivity index (χ3v) is 5.15. The highest BCUT2D eigenvalue weighted by molar-refractivity contribution is 6.30. The van der Waals surface area contributed by atoms with E-state index in [9.17, 15) is 9.59 Å². The molecule has 28 heavy (non-hydrogen) atoms. The molecular weight excluding hydrogens is 399 g/mol. The fraction of sp³-hybridized carbons (Fsp3) is 0.333. The number of hydrogen-bond donors (Lipinski definition) is 1. The molecule has 0 bridgehead atoms. The summed E-state index contributed by atoms with van der Waals surface area (Å²) in [5.74, 6) is 1.05. The number of carbonyl (C=O) groups is 2. The Kier molecular flexibility index (Phi) is 7.18. The number of ketones is 1. The summed E-state index contributed by atoms with van der Waals surface area (Å²) >= 11 is 11.7. The zero-order valence-electron chi connectivity index (χ0n) is 15.4. The average molecular weight is 421 g/mol. The van der Waals surface area contributed by atoms with Gasteiger partial charge >= 0.3 is 6.03 Å². The normalized spacial score (nSPS) is 13.7. The molecule has 0 saturated carbocycles. The number of halogens is 2. The van der Waals surface area contributed by atoms with Crippen LogP contribution in [-0.4, -0.2) is 36.4 Å². The van der Waals surface area contributed by atoms with Crippen molar-refractivity contribution in [3.05, 3.63) is 64.1 Å². The summed E-state index contributed by atoms with van der Waals surface area (Å²) in [6, 6.07) is 14.2. The van der Waals surface area contributed by atoms with Crippen LogP contribution in [0.25, 0.3) is 0 Å². The Morgan fingerprint density at radius 3 is 2.25 bits per heavy atom. The van der Waals surface area contributed by atoms with Crippen molar-refractivity contribution in [2.45, 2.75) is 19.4 Å². The van der Waals surface area contributed by atoms with Crippen LogP contribution in [0.15, 0.2) is 48.5 Å². The molecule has 2 aromatic rings. The number of benzene rings is 2. The first-order valence-corrected chi connectivity index (χ1v) is 9.92. The summed E-state index contributed by atoms with van der Waals surface area (Å²) < 4.78 is 5.46. The second-order valence-corrected chi connectivity index (χ2v) is 7.75. The Balaban J connectivity index is 1.28. The number of nitrogens with zero attached hydrogens (tertiary/aromatic N) is 1. The lowest BCUT2D eigenvalue weighted by atomic mass is 9.94. The molecule has 0 atom stereocenters. The van der Waals surface area contributed by atoms with Crippen LogP contribution in [0.2, 0.25) is 10.0 Å². The van der Waals surface area contributed by atoms with Gasteiger partial charge in [0.2, 0.25) is 0 Å². The highest BCUT2D eigenvalue weighted by Gasteiger charge is 2.30. The van der Waals surface area contributed by atoms with E-state index in [-0.39, 0.29) is 18.4 Å². The van der Waals surface area contributed by atoms with E-state index in [1.807, 2.05) is 12.1 Å². The van der Waals surface area contributed by atoms with Crippen molar-refractivity contribution in [1.29, 1.82) is 0 Å². The molecule has 148 valence electrons. The van der Waals surface area contributed by atoms with E-state index in [4.69, 9.17) is 27.9 Å². The van der Waals surface area contributed by atoms with E-state index < -0.39 is 0 Å². The standard InChI is InChI=1S/C21H22Cl2N2O3/c22-17-4-1-15(2-5-17)11-24-21(27)25-12-16(13-25)3-8-19(26)14-28-20-9-6-18(23)7-10-20/h1-2,4-7,9-10,16H,3,8,11-14H2,(H,24,27). The summed E-state index contributed by atoms with van der Waals surface area (Å²) in [5.41, 5.74) is 1.00. The van der Waals surface area contributed by atoms with Crippen molar-refractivity contribution >= 4 is 35.0 Å². The Labute approximate surface area is 174 Å². The molecule has 2 aromatic carbocycles. The summed E-state index contributed by atoms with van der Waals surface area (Å²) in [4.78, 5) is 25.9. The Morgan fingerprint density at radius 2 is 1.61 bits per heavy atom. The van der Waals surface area contributed by atoms with Crippen LogP contribution >= 0.6 is 23.2 Å². The summed E-state index contributed by atoms with van der Waals surface area (Å²) in [6.07, 6.45) is 1.22. The molecule has 1 aliphatic heterocycles. The second-order valence-electron chi connectivity index (χ2n) is 6.88. The van der Waals surface area contributed by atoms with E-state index in [1.165, 1.54) is 0 Å². The summed E-state index contributed by atoms with van der Waals surface area (Å²) in [7, 11) is 0. The van der Waals surface area contributed by atoms with Crippen LogP contribution in [0.3, 0.4) is 0 Å². The molecule has 0 unspecified atom stereocenters. The third-order valence-electron chi connectivity index (χ3n) is 4.65. The Bertz CT molecular complexity index is 801. The fourth-order valence-corrected chi connectivity index (χ4v) is 3.19. The van der Waals surface area contributed by atoms with Gasteiger partial charge in [0.1, 0.15) is 12.4 Å². The first-order valence-electron chi connectivity index (χ1n) is 9.17. The van der Waals surface area contributed by atoms with Gasteiger partial charge in [0, 0.05) is 36.1 Å². The van der Waals surface area contributed by atoms with Crippen LogP contribution < -0.4 is 10.1 Å². The molecule has 5 nitrogen and oxygen atoms in total. The number of Topliss-reactive ketones (excluding diaryl/α,β-unsaturated/α-hetero) is 1. The molecule has 2 amide bonds. The van der Waals surface area contributed by atoms with Gasteiger partial charge in [-0.05, 0) is 54.3 Å². The minimum atomic E-state index is -0.0800. The van der Waals surface area contributed by atoms with Crippen LogP contribution in [-0.2, 0) is 11.3 Å². The third kappa shape index (κ3) is 6.14. The first kappa shape index (κ1) is 20.5. The SMILES string of the molecule is O=C(CCC1CN(C(=O)NCc2ccc(Cl)cc2)C1)COc1ccc(Cl)cc1. The highest BCUT2D eigenvalue weighted by atomic mass is 35.5. The van der Waals surface area contributed by atoms with Gasteiger partial charge in [0.15, 0.2) is 5.78 Å². The quantitative estimate of drug-likeness (QED) is 0.680. The maximum Gasteiger partial charge on any atom is 0.317 e. The highest BCUT2D eigenvalue weighted by Crippen LogP contribution is 2.21. The Hall–Kier alpha value is -2.24. The van der Waals surface area contributed by atoms with Gasteiger partial charge in [0.25, 0.3) is 0 Å².